The van der Waals surface area contributed by atoms with E-state index in [0.29, 0.717) is 16.8 Å². The van der Waals surface area contributed by atoms with Gasteiger partial charge >= 0.3 is 0 Å². The van der Waals surface area contributed by atoms with E-state index in [9.17, 15) is 9.59 Å². The molecule has 13 heavy (non-hydrogen) atoms. The maximum atomic E-state index is 11.2. The molecule has 0 radical (unpaired) electrons. The SMILES string of the molecule is C=CC1=C(C)/C(=C/C(N)=O)NC1=O. The first-order chi connectivity index (χ1) is 6.06. The van der Waals surface area contributed by atoms with Crippen molar-refractivity contribution in [3.63, 3.8) is 0 Å². The number of rotatable bonds is 2. The molecule has 1 aliphatic rings. The van der Waals surface area contributed by atoms with Crippen LogP contribution in [0.3, 0.4) is 0 Å². The molecule has 0 fully saturated rings. The Labute approximate surface area is 75.8 Å². The van der Waals surface area contributed by atoms with E-state index in [4.69, 9.17) is 5.73 Å². The molecule has 0 spiro atoms. The Morgan fingerprint density at radius 2 is 2.23 bits per heavy atom. The van der Waals surface area contributed by atoms with Crippen LogP contribution >= 0.6 is 0 Å². The van der Waals surface area contributed by atoms with Crippen LogP contribution < -0.4 is 11.1 Å². The van der Waals surface area contributed by atoms with E-state index in [1.165, 1.54) is 12.2 Å². The summed E-state index contributed by atoms with van der Waals surface area (Å²) in [5.74, 6) is -0.833. The molecule has 4 nitrogen and oxygen atoms in total. The van der Waals surface area contributed by atoms with Crippen LogP contribution in [-0.2, 0) is 9.59 Å². The number of amides is 2. The van der Waals surface area contributed by atoms with Gasteiger partial charge in [-0.05, 0) is 12.5 Å². The van der Waals surface area contributed by atoms with E-state index in [1.807, 2.05) is 0 Å². The summed E-state index contributed by atoms with van der Waals surface area (Å²) in [4.78, 5) is 21.7. The first kappa shape index (κ1) is 9.25. The van der Waals surface area contributed by atoms with Gasteiger partial charge in [0.2, 0.25) is 5.91 Å². The Morgan fingerprint density at radius 3 is 2.62 bits per heavy atom. The number of carbonyl (C=O) groups excluding carboxylic acids is 2. The average Bonchev–Trinajstić information content (AvgIpc) is 2.26. The minimum atomic E-state index is -0.583. The lowest BCUT2D eigenvalue weighted by Gasteiger charge is -1.96. The second kappa shape index (κ2) is 3.26. The summed E-state index contributed by atoms with van der Waals surface area (Å²) in [6.07, 6.45) is 2.64. The van der Waals surface area contributed by atoms with Crippen molar-refractivity contribution in [2.75, 3.05) is 0 Å². The molecule has 0 aromatic rings. The first-order valence-electron chi connectivity index (χ1n) is 3.72. The summed E-state index contributed by atoms with van der Waals surface area (Å²) in [6.45, 7) is 5.22. The van der Waals surface area contributed by atoms with Crippen LogP contribution in [0.15, 0.2) is 35.6 Å². The van der Waals surface area contributed by atoms with Crippen molar-refractivity contribution < 1.29 is 9.59 Å². The number of carbonyl (C=O) groups is 2. The Bertz CT molecular complexity index is 351. The second-order valence-corrected chi connectivity index (χ2v) is 2.66. The standard InChI is InChI=1S/C9H10N2O2/c1-3-6-5(2)7(4-8(10)12)11-9(6)13/h3-4H,1H2,2H3,(H2,10,12)(H,11,13)/b7-4-. The Hall–Kier alpha value is -1.84. The molecular formula is C9H10N2O2. The molecule has 2 amide bonds. The Balaban J connectivity index is 3.11. The lowest BCUT2D eigenvalue weighted by atomic mass is 10.1. The van der Waals surface area contributed by atoms with Crippen molar-refractivity contribution in [2.45, 2.75) is 6.92 Å². The fourth-order valence-corrected chi connectivity index (χ4v) is 1.13. The van der Waals surface area contributed by atoms with Crippen LogP contribution in [0.2, 0.25) is 0 Å². The van der Waals surface area contributed by atoms with E-state index >= 15 is 0 Å². The third-order valence-electron chi connectivity index (χ3n) is 1.79. The summed E-state index contributed by atoms with van der Waals surface area (Å²) in [6, 6.07) is 0. The summed E-state index contributed by atoms with van der Waals surface area (Å²) in [7, 11) is 0. The van der Waals surface area contributed by atoms with E-state index < -0.39 is 5.91 Å². The molecule has 0 unspecified atom stereocenters. The third-order valence-corrected chi connectivity index (χ3v) is 1.79. The topological polar surface area (TPSA) is 72.2 Å². The minimum absolute atomic E-state index is 0.250. The van der Waals surface area contributed by atoms with Gasteiger partial charge in [-0.25, -0.2) is 0 Å². The summed E-state index contributed by atoms with van der Waals surface area (Å²) in [5, 5.41) is 2.51. The highest BCUT2D eigenvalue weighted by Gasteiger charge is 2.21. The van der Waals surface area contributed by atoms with Gasteiger partial charge in [0.25, 0.3) is 5.91 Å². The van der Waals surface area contributed by atoms with Gasteiger partial charge in [-0.3, -0.25) is 9.59 Å². The smallest absolute Gasteiger partial charge is 0.255 e. The van der Waals surface area contributed by atoms with Gasteiger partial charge in [0.05, 0.1) is 5.70 Å². The zero-order valence-electron chi connectivity index (χ0n) is 7.26. The molecule has 3 N–H and O–H groups in total. The summed E-state index contributed by atoms with van der Waals surface area (Å²) < 4.78 is 0. The molecule has 1 aliphatic heterocycles. The van der Waals surface area contributed by atoms with Crippen LogP contribution in [0.4, 0.5) is 0 Å². The molecule has 1 heterocycles. The van der Waals surface area contributed by atoms with Crippen molar-refractivity contribution in [3.05, 3.63) is 35.6 Å². The molecule has 0 aromatic carbocycles. The van der Waals surface area contributed by atoms with Crippen LogP contribution in [0.1, 0.15) is 6.92 Å². The molecule has 68 valence electrons. The highest BCUT2D eigenvalue weighted by atomic mass is 16.2. The van der Waals surface area contributed by atoms with Gasteiger partial charge in [0, 0.05) is 11.6 Å². The van der Waals surface area contributed by atoms with Gasteiger partial charge in [-0.15, -0.1) is 0 Å². The molecule has 0 aromatic heterocycles. The Morgan fingerprint density at radius 1 is 1.62 bits per heavy atom. The number of hydrogen-bond donors (Lipinski definition) is 2. The zero-order valence-corrected chi connectivity index (χ0v) is 7.26. The van der Waals surface area contributed by atoms with E-state index in [0.717, 1.165) is 0 Å². The molecule has 0 saturated carbocycles. The molecule has 0 aliphatic carbocycles. The predicted molar refractivity (Wildman–Crippen MR) is 48.3 cm³/mol. The van der Waals surface area contributed by atoms with Crippen molar-refractivity contribution in [1.82, 2.24) is 5.32 Å². The van der Waals surface area contributed by atoms with Crippen molar-refractivity contribution in [2.24, 2.45) is 5.73 Å². The normalized spacial score (nSPS) is 19.2. The maximum absolute atomic E-state index is 11.2. The Kier molecular flexibility index (Phi) is 2.32. The molecular weight excluding hydrogens is 168 g/mol. The number of nitrogens with one attached hydrogen (secondary N) is 1. The molecule has 0 atom stereocenters. The molecule has 1 rings (SSSR count). The quantitative estimate of drug-likeness (QED) is 0.583. The number of hydrogen-bond acceptors (Lipinski definition) is 2. The summed E-state index contributed by atoms with van der Waals surface area (Å²) in [5.41, 5.74) is 6.58. The van der Waals surface area contributed by atoms with Gasteiger partial charge in [-0.2, -0.15) is 0 Å². The highest BCUT2D eigenvalue weighted by Crippen LogP contribution is 2.19. The zero-order chi connectivity index (χ0) is 10.0. The van der Waals surface area contributed by atoms with Crippen molar-refractivity contribution in [3.8, 4) is 0 Å². The fourth-order valence-electron chi connectivity index (χ4n) is 1.13. The van der Waals surface area contributed by atoms with Crippen LogP contribution in [-0.4, -0.2) is 11.8 Å². The predicted octanol–water partition coefficient (Wildman–Crippen LogP) is -0.0121. The lowest BCUT2D eigenvalue weighted by molar-refractivity contribution is -0.115. The largest absolute Gasteiger partial charge is 0.366 e. The maximum Gasteiger partial charge on any atom is 0.255 e. The van der Waals surface area contributed by atoms with Gasteiger partial charge < -0.3 is 11.1 Å². The van der Waals surface area contributed by atoms with E-state index in [-0.39, 0.29) is 5.91 Å². The van der Waals surface area contributed by atoms with Crippen LogP contribution in [0.5, 0.6) is 0 Å². The van der Waals surface area contributed by atoms with Crippen molar-refractivity contribution in [1.29, 1.82) is 0 Å². The third kappa shape index (κ3) is 1.66. The monoisotopic (exact) mass is 178 g/mol. The highest BCUT2D eigenvalue weighted by molar-refractivity contribution is 6.04. The second-order valence-electron chi connectivity index (χ2n) is 2.66. The van der Waals surface area contributed by atoms with Crippen LogP contribution in [0.25, 0.3) is 0 Å². The molecule has 4 heteroatoms. The number of nitrogens with two attached hydrogens (primary N) is 1. The first-order valence-corrected chi connectivity index (χ1v) is 3.72. The van der Waals surface area contributed by atoms with E-state index in [1.54, 1.807) is 6.92 Å². The fraction of sp³-hybridized carbons (Fsp3) is 0.111. The van der Waals surface area contributed by atoms with E-state index in [2.05, 4.69) is 11.9 Å². The summed E-state index contributed by atoms with van der Waals surface area (Å²) >= 11 is 0. The lowest BCUT2D eigenvalue weighted by Crippen LogP contribution is -2.18. The van der Waals surface area contributed by atoms with Gasteiger partial charge in [0.15, 0.2) is 0 Å². The van der Waals surface area contributed by atoms with Gasteiger partial charge in [-0.1, -0.05) is 12.7 Å². The number of primary amides is 1. The minimum Gasteiger partial charge on any atom is -0.366 e. The molecule has 0 bridgehead atoms. The van der Waals surface area contributed by atoms with Crippen molar-refractivity contribution >= 4 is 11.8 Å². The van der Waals surface area contributed by atoms with Crippen LogP contribution in [0, 0.1) is 0 Å². The number of allylic oxidation sites excluding steroid dienone is 1. The molecule has 0 saturated heterocycles. The van der Waals surface area contributed by atoms with Gasteiger partial charge in [0.1, 0.15) is 0 Å². The average molecular weight is 178 g/mol.